The predicted octanol–water partition coefficient (Wildman–Crippen LogP) is 1.29. The van der Waals surface area contributed by atoms with Crippen molar-refractivity contribution in [3.63, 3.8) is 0 Å². The minimum atomic E-state index is -0.939. The zero-order valence-corrected chi connectivity index (χ0v) is 9.64. The Morgan fingerprint density at radius 2 is 2.35 bits per heavy atom. The Morgan fingerprint density at radius 1 is 1.59 bits per heavy atom. The molecule has 92 valence electrons. The van der Waals surface area contributed by atoms with Crippen LogP contribution in [0.2, 0.25) is 0 Å². The van der Waals surface area contributed by atoms with Crippen molar-refractivity contribution in [2.45, 2.75) is 25.5 Å². The normalized spacial score (nSPS) is 22.2. The third kappa shape index (κ3) is 2.34. The maximum atomic E-state index is 10.8. The van der Waals surface area contributed by atoms with Gasteiger partial charge >= 0.3 is 5.97 Å². The van der Waals surface area contributed by atoms with Crippen LogP contribution in [0.3, 0.4) is 0 Å². The second kappa shape index (κ2) is 4.63. The third-order valence-corrected chi connectivity index (χ3v) is 2.90. The highest BCUT2D eigenvalue weighted by atomic mass is 16.5. The van der Waals surface area contributed by atoms with E-state index in [-0.39, 0.29) is 17.7 Å². The summed E-state index contributed by atoms with van der Waals surface area (Å²) in [6.07, 6.45) is 0.803. The van der Waals surface area contributed by atoms with E-state index < -0.39 is 5.97 Å². The zero-order chi connectivity index (χ0) is 12.4. The van der Waals surface area contributed by atoms with Gasteiger partial charge < -0.3 is 20.9 Å². The molecule has 5 nitrogen and oxygen atoms in total. The number of aromatic carboxylic acids is 1. The van der Waals surface area contributed by atoms with Crippen LogP contribution in [-0.4, -0.2) is 29.8 Å². The summed E-state index contributed by atoms with van der Waals surface area (Å²) in [5.41, 5.74) is 6.50. The molecule has 4 N–H and O–H groups in total. The van der Waals surface area contributed by atoms with Gasteiger partial charge in [-0.3, -0.25) is 0 Å². The number of carboxylic acid groups (broad SMARTS) is 1. The summed E-state index contributed by atoms with van der Waals surface area (Å²) in [6, 6.07) is 4.93. The molecule has 0 saturated carbocycles. The second-order valence-electron chi connectivity index (χ2n) is 4.18. The number of hydrogen-bond acceptors (Lipinski definition) is 4. The standard InChI is InChI=1S/C12H16N2O3/c1-7-10(4-5-13)17-11-3-2-8(12(15)16)6-9(11)14-7/h2-3,6-7,10,14H,4-5,13H2,1H3,(H,15,16). The molecule has 2 rings (SSSR count). The van der Waals surface area contributed by atoms with E-state index in [1.165, 1.54) is 0 Å². The van der Waals surface area contributed by atoms with E-state index in [1.54, 1.807) is 18.2 Å². The number of anilines is 1. The highest BCUT2D eigenvalue weighted by Crippen LogP contribution is 2.32. The van der Waals surface area contributed by atoms with Crippen LogP contribution >= 0.6 is 0 Å². The van der Waals surface area contributed by atoms with Gasteiger partial charge in [0.25, 0.3) is 0 Å². The highest BCUT2D eigenvalue weighted by molar-refractivity contribution is 5.89. The fraction of sp³-hybridized carbons (Fsp3) is 0.417. The zero-order valence-electron chi connectivity index (χ0n) is 9.64. The van der Waals surface area contributed by atoms with Crippen LogP contribution in [0.15, 0.2) is 18.2 Å². The summed E-state index contributed by atoms with van der Waals surface area (Å²) in [6.45, 7) is 2.57. The van der Waals surface area contributed by atoms with Gasteiger partial charge in [-0.25, -0.2) is 4.79 Å². The smallest absolute Gasteiger partial charge is 0.335 e. The maximum absolute atomic E-state index is 10.8. The molecule has 0 amide bonds. The van der Waals surface area contributed by atoms with E-state index in [2.05, 4.69) is 5.32 Å². The van der Waals surface area contributed by atoms with Crippen molar-refractivity contribution in [3.8, 4) is 5.75 Å². The first kappa shape index (κ1) is 11.7. The lowest BCUT2D eigenvalue weighted by Gasteiger charge is -2.33. The molecule has 1 aromatic carbocycles. The number of rotatable bonds is 3. The molecule has 0 radical (unpaired) electrons. The van der Waals surface area contributed by atoms with Gasteiger partial charge in [-0.1, -0.05) is 0 Å². The molecule has 1 aromatic rings. The van der Waals surface area contributed by atoms with Crippen molar-refractivity contribution in [2.75, 3.05) is 11.9 Å². The number of hydrogen-bond donors (Lipinski definition) is 3. The minimum absolute atomic E-state index is 0.0307. The average Bonchev–Trinajstić information content (AvgIpc) is 2.29. The summed E-state index contributed by atoms with van der Waals surface area (Å²) in [7, 11) is 0. The molecule has 17 heavy (non-hydrogen) atoms. The van der Waals surface area contributed by atoms with Gasteiger partial charge in [-0.05, 0) is 38.1 Å². The molecule has 0 spiro atoms. The molecule has 0 aliphatic carbocycles. The SMILES string of the molecule is CC1Nc2cc(C(=O)O)ccc2OC1CCN. The molecule has 1 aliphatic heterocycles. The van der Waals surface area contributed by atoms with Crippen molar-refractivity contribution >= 4 is 11.7 Å². The van der Waals surface area contributed by atoms with Crippen molar-refractivity contribution in [1.82, 2.24) is 0 Å². The molecule has 0 fully saturated rings. The molecule has 5 heteroatoms. The molecule has 2 atom stereocenters. The lowest BCUT2D eigenvalue weighted by atomic mass is 10.1. The van der Waals surface area contributed by atoms with Gasteiger partial charge in [0.15, 0.2) is 0 Å². The molecule has 1 heterocycles. The topological polar surface area (TPSA) is 84.6 Å². The van der Waals surface area contributed by atoms with E-state index in [0.29, 0.717) is 12.3 Å². The van der Waals surface area contributed by atoms with Gasteiger partial charge in [0, 0.05) is 0 Å². The molecule has 0 saturated heterocycles. The lowest BCUT2D eigenvalue weighted by Crippen LogP contribution is -2.40. The molecule has 1 aliphatic rings. The minimum Gasteiger partial charge on any atom is -0.486 e. The van der Waals surface area contributed by atoms with E-state index >= 15 is 0 Å². The van der Waals surface area contributed by atoms with Gasteiger partial charge in [-0.2, -0.15) is 0 Å². The van der Waals surface area contributed by atoms with Crippen LogP contribution < -0.4 is 15.8 Å². The van der Waals surface area contributed by atoms with Crippen molar-refractivity contribution in [3.05, 3.63) is 23.8 Å². The Labute approximate surface area is 99.6 Å². The Kier molecular flexibility index (Phi) is 3.19. The number of carbonyl (C=O) groups is 1. The maximum Gasteiger partial charge on any atom is 0.335 e. The first-order valence-corrected chi connectivity index (χ1v) is 5.62. The van der Waals surface area contributed by atoms with Crippen molar-refractivity contribution in [1.29, 1.82) is 0 Å². The number of ether oxygens (including phenoxy) is 1. The number of carboxylic acids is 1. The highest BCUT2D eigenvalue weighted by Gasteiger charge is 2.25. The molecular weight excluding hydrogens is 220 g/mol. The number of nitrogens with two attached hydrogens (primary N) is 1. The van der Waals surface area contributed by atoms with Crippen LogP contribution in [-0.2, 0) is 0 Å². The first-order chi connectivity index (χ1) is 8.11. The Morgan fingerprint density at radius 3 is 3.00 bits per heavy atom. The van der Waals surface area contributed by atoms with Crippen LogP contribution in [0.4, 0.5) is 5.69 Å². The van der Waals surface area contributed by atoms with Gasteiger partial charge in [0.05, 0.1) is 17.3 Å². The van der Waals surface area contributed by atoms with Crippen molar-refractivity contribution in [2.24, 2.45) is 5.73 Å². The average molecular weight is 236 g/mol. The van der Waals surface area contributed by atoms with Gasteiger partial charge in [0.1, 0.15) is 11.9 Å². The third-order valence-electron chi connectivity index (χ3n) is 2.90. The summed E-state index contributed by atoms with van der Waals surface area (Å²) in [4.78, 5) is 10.8. The Bertz CT molecular complexity index is 434. The fourth-order valence-corrected chi connectivity index (χ4v) is 1.96. The predicted molar refractivity (Wildman–Crippen MR) is 64.6 cm³/mol. The van der Waals surface area contributed by atoms with Crippen LogP contribution in [0.5, 0.6) is 5.75 Å². The van der Waals surface area contributed by atoms with Gasteiger partial charge in [-0.15, -0.1) is 0 Å². The summed E-state index contributed by atoms with van der Waals surface area (Å²) < 4.78 is 5.78. The van der Waals surface area contributed by atoms with E-state index in [1.807, 2.05) is 6.92 Å². The molecule has 0 bridgehead atoms. The number of benzene rings is 1. The largest absolute Gasteiger partial charge is 0.486 e. The number of fused-ring (bicyclic) bond motifs is 1. The summed E-state index contributed by atoms with van der Waals surface area (Å²) >= 11 is 0. The van der Waals surface area contributed by atoms with Crippen molar-refractivity contribution < 1.29 is 14.6 Å². The quantitative estimate of drug-likeness (QED) is 0.736. The fourth-order valence-electron chi connectivity index (χ4n) is 1.96. The van der Waals surface area contributed by atoms with Crippen LogP contribution in [0.1, 0.15) is 23.7 Å². The van der Waals surface area contributed by atoms with E-state index in [0.717, 1.165) is 12.1 Å². The van der Waals surface area contributed by atoms with E-state index in [4.69, 9.17) is 15.6 Å². The monoisotopic (exact) mass is 236 g/mol. The Hall–Kier alpha value is -1.75. The van der Waals surface area contributed by atoms with Gasteiger partial charge in [0.2, 0.25) is 0 Å². The number of nitrogens with one attached hydrogen (secondary N) is 1. The molecule has 2 unspecified atom stereocenters. The second-order valence-corrected chi connectivity index (χ2v) is 4.18. The summed E-state index contributed by atoms with van der Waals surface area (Å²) in [5, 5.41) is 12.1. The summed E-state index contributed by atoms with van der Waals surface area (Å²) in [5.74, 6) is -0.252. The van der Waals surface area contributed by atoms with Crippen LogP contribution in [0, 0.1) is 0 Å². The molecular formula is C12H16N2O3. The molecule has 0 aromatic heterocycles. The van der Waals surface area contributed by atoms with Crippen LogP contribution in [0.25, 0.3) is 0 Å². The Balaban J connectivity index is 2.25. The lowest BCUT2D eigenvalue weighted by molar-refractivity contribution is 0.0696. The first-order valence-electron chi connectivity index (χ1n) is 5.62. The van der Waals surface area contributed by atoms with E-state index in [9.17, 15) is 4.79 Å².